The Hall–Kier alpha value is -0.300. The van der Waals surface area contributed by atoms with Gasteiger partial charge in [-0.2, -0.15) is 11.8 Å². The maximum atomic E-state index is 5.51. The van der Waals surface area contributed by atoms with Crippen LogP contribution < -0.4 is 5.32 Å². The lowest BCUT2D eigenvalue weighted by molar-refractivity contribution is 0.552. The largest absolute Gasteiger partial charge is 0.448 e. The maximum Gasteiger partial charge on any atom is 0.169 e. The third kappa shape index (κ3) is 2.59. The van der Waals surface area contributed by atoms with Crippen LogP contribution in [0.5, 0.6) is 0 Å². The Bertz CT molecular complexity index is 505. The normalized spacial score (nSPS) is 20.6. The highest BCUT2D eigenvalue weighted by atomic mass is 79.9. The molecule has 90 valence electrons. The molecule has 0 radical (unpaired) electrons. The highest BCUT2D eigenvalue weighted by Crippen LogP contribution is 2.30. The summed E-state index contributed by atoms with van der Waals surface area (Å²) in [6.45, 7) is 1.07. The van der Waals surface area contributed by atoms with E-state index < -0.39 is 0 Å². The van der Waals surface area contributed by atoms with Gasteiger partial charge in [0.15, 0.2) is 10.4 Å². The van der Waals surface area contributed by atoms with Crippen LogP contribution in [0.1, 0.15) is 11.0 Å². The minimum absolute atomic E-state index is 0.394. The van der Waals surface area contributed by atoms with E-state index in [2.05, 4.69) is 31.6 Å². The second kappa shape index (κ2) is 5.14. The molecule has 3 heterocycles. The van der Waals surface area contributed by atoms with Crippen molar-refractivity contribution < 1.29 is 4.42 Å². The van der Waals surface area contributed by atoms with E-state index in [9.17, 15) is 0 Å². The Morgan fingerprint density at radius 3 is 3.12 bits per heavy atom. The molecular weight excluding hydrogens is 320 g/mol. The van der Waals surface area contributed by atoms with Crippen molar-refractivity contribution in [2.45, 2.75) is 6.04 Å². The van der Waals surface area contributed by atoms with Crippen LogP contribution in [0.4, 0.5) is 0 Å². The van der Waals surface area contributed by atoms with E-state index in [0.29, 0.717) is 6.04 Å². The molecule has 1 saturated heterocycles. The smallest absolute Gasteiger partial charge is 0.169 e. The Morgan fingerprint density at radius 1 is 1.47 bits per heavy atom. The van der Waals surface area contributed by atoms with E-state index >= 15 is 0 Å². The summed E-state index contributed by atoms with van der Waals surface area (Å²) in [6.07, 6.45) is 0. The summed E-state index contributed by atoms with van der Waals surface area (Å²) >= 11 is 6.98. The van der Waals surface area contributed by atoms with Crippen molar-refractivity contribution in [1.82, 2.24) is 10.3 Å². The monoisotopic (exact) mass is 330 g/mol. The van der Waals surface area contributed by atoms with E-state index in [-0.39, 0.29) is 0 Å². The summed E-state index contributed by atoms with van der Waals surface area (Å²) in [6, 6.07) is 4.22. The molecule has 0 amide bonds. The number of thioether (sulfide) groups is 1. The molecule has 0 saturated carbocycles. The number of furan rings is 1. The molecule has 0 aliphatic carbocycles. The predicted molar refractivity (Wildman–Crippen MR) is 75.6 cm³/mol. The van der Waals surface area contributed by atoms with Crippen LogP contribution in [0, 0.1) is 0 Å². The standard InChI is InChI=1S/C11H11BrN2OS2/c12-10-2-1-9(15-10)7-6-17-11(14-7)8-5-16-4-3-13-8/h1-2,6,8,13H,3-5H2. The first-order chi connectivity index (χ1) is 8.33. The van der Waals surface area contributed by atoms with Gasteiger partial charge in [0.25, 0.3) is 0 Å². The highest BCUT2D eigenvalue weighted by Gasteiger charge is 2.19. The lowest BCUT2D eigenvalue weighted by atomic mass is 10.3. The van der Waals surface area contributed by atoms with E-state index in [1.807, 2.05) is 23.9 Å². The van der Waals surface area contributed by atoms with Gasteiger partial charge in [0.1, 0.15) is 10.7 Å². The van der Waals surface area contributed by atoms with Gasteiger partial charge >= 0.3 is 0 Å². The average molecular weight is 331 g/mol. The second-order valence-electron chi connectivity index (χ2n) is 3.76. The Balaban J connectivity index is 1.82. The molecule has 1 aliphatic heterocycles. The van der Waals surface area contributed by atoms with Crippen molar-refractivity contribution in [3.05, 3.63) is 27.2 Å². The molecule has 0 aromatic carbocycles. The summed E-state index contributed by atoms with van der Waals surface area (Å²) in [5, 5.41) is 6.70. The Kier molecular flexibility index (Phi) is 3.56. The molecule has 6 heteroatoms. The summed E-state index contributed by atoms with van der Waals surface area (Å²) in [5.41, 5.74) is 0.924. The van der Waals surface area contributed by atoms with Gasteiger partial charge in [0, 0.05) is 23.4 Å². The zero-order valence-corrected chi connectivity index (χ0v) is 12.2. The van der Waals surface area contributed by atoms with Gasteiger partial charge in [-0.3, -0.25) is 0 Å². The summed E-state index contributed by atoms with van der Waals surface area (Å²) < 4.78 is 6.25. The fourth-order valence-corrected chi connectivity index (χ4v) is 3.97. The first-order valence-corrected chi connectivity index (χ1v) is 8.18. The fraction of sp³-hybridized carbons (Fsp3) is 0.364. The molecule has 3 rings (SSSR count). The van der Waals surface area contributed by atoms with Crippen LogP contribution in [-0.4, -0.2) is 23.0 Å². The molecule has 1 aliphatic rings. The van der Waals surface area contributed by atoms with Crippen LogP contribution in [0.3, 0.4) is 0 Å². The van der Waals surface area contributed by atoms with Crippen LogP contribution in [0.2, 0.25) is 0 Å². The SMILES string of the molecule is Brc1ccc(-c2csc(C3CSCCN3)n2)o1. The Labute approximate surface area is 116 Å². The lowest BCUT2D eigenvalue weighted by Crippen LogP contribution is -2.30. The number of aromatic nitrogens is 1. The summed E-state index contributed by atoms with van der Waals surface area (Å²) in [7, 11) is 0. The van der Waals surface area contributed by atoms with Gasteiger partial charge in [0.2, 0.25) is 0 Å². The van der Waals surface area contributed by atoms with Gasteiger partial charge < -0.3 is 9.73 Å². The fourth-order valence-electron chi connectivity index (χ4n) is 1.74. The van der Waals surface area contributed by atoms with Crippen LogP contribution in [-0.2, 0) is 0 Å². The predicted octanol–water partition coefficient (Wildman–Crippen LogP) is 3.54. The zero-order valence-electron chi connectivity index (χ0n) is 8.98. The van der Waals surface area contributed by atoms with Crippen molar-refractivity contribution in [2.24, 2.45) is 0 Å². The second-order valence-corrected chi connectivity index (χ2v) is 6.58. The number of nitrogens with one attached hydrogen (secondary N) is 1. The number of halogens is 1. The van der Waals surface area contributed by atoms with Gasteiger partial charge in [0.05, 0.1) is 6.04 Å². The van der Waals surface area contributed by atoms with Gasteiger partial charge in [-0.15, -0.1) is 11.3 Å². The zero-order chi connectivity index (χ0) is 11.7. The lowest BCUT2D eigenvalue weighted by Gasteiger charge is -2.20. The van der Waals surface area contributed by atoms with E-state index in [0.717, 1.165) is 33.4 Å². The van der Waals surface area contributed by atoms with Gasteiger partial charge in [-0.05, 0) is 28.1 Å². The quantitative estimate of drug-likeness (QED) is 0.913. The average Bonchev–Trinajstić information content (AvgIpc) is 2.98. The van der Waals surface area contributed by atoms with Crippen LogP contribution >= 0.6 is 39.0 Å². The van der Waals surface area contributed by atoms with E-state index in [4.69, 9.17) is 4.42 Å². The maximum absolute atomic E-state index is 5.51. The van der Waals surface area contributed by atoms with Crippen molar-refractivity contribution in [3.63, 3.8) is 0 Å². The molecule has 2 aromatic rings. The number of thiazole rings is 1. The van der Waals surface area contributed by atoms with Gasteiger partial charge in [-0.25, -0.2) is 4.98 Å². The molecule has 1 fully saturated rings. The molecule has 3 nitrogen and oxygen atoms in total. The number of nitrogens with zero attached hydrogens (tertiary/aromatic N) is 1. The van der Waals surface area contributed by atoms with Crippen molar-refractivity contribution >= 4 is 39.0 Å². The minimum Gasteiger partial charge on any atom is -0.448 e. The third-order valence-electron chi connectivity index (χ3n) is 2.57. The molecule has 2 aromatic heterocycles. The summed E-state index contributed by atoms with van der Waals surface area (Å²) in [5.74, 6) is 3.12. The first kappa shape index (κ1) is 11.8. The van der Waals surface area contributed by atoms with Crippen molar-refractivity contribution in [3.8, 4) is 11.5 Å². The summed E-state index contributed by atoms with van der Waals surface area (Å²) in [4.78, 5) is 4.65. The van der Waals surface area contributed by atoms with E-state index in [1.54, 1.807) is 11.3 Å². The van der Waals surface area contributed by atoms with Crippen LogP contribution in [0.15, 0.2) is 26.6 Å². The van der Waals surface area contributed by atoms with Crippen molar-refractivity contribution in [1.29, 1.82) is 0 Å². The third-order valence-corrected chi connectivity index (χ3v) is 5.01. The molecule has 0 bridgehead atoms. The van der Waals surface area contributed by atoms with Gasteiger partial charge in [-0.1, -0.05) is 0 Å². The molecular formula is C11H11BrN2OS2. The van der Waals surface area contributed by atoms with E-state index in [1.165, 1.54) is 5.75 Å². The molecule has 1 N–H and O–H groups in total. The number of hydrogen-bond acceptors (Lipinski definition) is 5. The topological polar surface area (TPSA) is 38.1 Å². The molecule has 1 unspecified atom stereocenters. The highest BCUT2D eigenvalue weighted by molar-refractivity contribution is 9.10. The van der Waals surface area contributed by atoms with Crippen molar-refractivity contribution in [2.75, 3.05) is 18.1 Å². The molecule has 1 atom stereocenters. The van der Waals surface area contributed by atoms with Crippen LogP contribution in [0.25, 0.3) is 11.5 Å². The molecule has 0 spiro atoms. The minimum atomic E-state index is 0.394. The molecule has 17 heavy (non-hydrogen) atoms. The number of rotatable bonds is 2. The first-order valence-electron chi connectivity index (χ1n) is 5.35. The Morgan fingerprint density at radius 2 is 2.41 bits per heavy atom. The number of hydrogen-bond donors (Lipinski definition) is 1.